The second-order valence-electron chi connectivity index (χ2n) is 8.18. The second-order valence-corrected chi connectivity index (χ2v) is 8.18. The van der Waals surface area contributed by atoms with E-state index >= 15 is 0 Å². The Morgan fingerprint density at radius 1 is 1.00 bits per heavy atom. The molecule has 1 aromatic carbocycles. The lowest BCUT2D eigenvalue weighted by atomic mass is 10.1. The van der Waals surface area contributed by atoms with Crippen LogP contribution in [0.15, 0.2) is 42.6 Å². The van der Waals surface area contributed by atoms with Gasteiger partial charge in [-0.3, -0.25) is 4.79 Å². The van der Waals surface area contributed by atoms with Crippen molar-refractivity contribution >= 4 is 17.4 Å². The van der Waals surface area contributed by atoms with E-state index < -0.39 is 0 Å². The molecular weight excluding hydrogens is 409 g/mol. The fourth-order valence-electron chi connectivity index (χ4n) is 4.38. The predicted octanol–water partition coefficient (Wildman–Crippen LogP) is 3.76. The number of rotatable bonds is 4. The Labute approximate surface area is 186 Å². The molecule has 0 spiro atoms. The first-order valence-corrected chi connectivity index (χ1v) is 11.2. The minimum absolute atomic E-state index is 0.245. The van der Waals surface area contributed by atoms with Crippen molar-refractivity contribution in [3.05, 3.63) is 65.4 Å². The van der Waals surface area contributed by atoms with Crippen molar-refractivity contribution in [1.82, 2.24) is 14.8 Å². The smallest absolute Gasteiger partial charge is 0.276 e. The van der Waals surface area contributed by atoms with Crippen LogP contribution in [0.1, 0.15) is 41.0 Å². The number of hydrogen-bond donors (Lipinski definition) is 1. The zero-order valence-corrected chi connectivity index (χ0v) is 17.9. The highest BCUT2D eigenvalue weighted by atomic mass is 19.1. The number of amides is 1. The molecule has 1 fully saturated rings. The number of fused-ring (bicyclic) bond motifs is 1. The number of nitrogens with one attached hydrogen (secondary N) is 1. The second kappa shape index (κ2) is 9.08. The van der Waals surface area contributed by atoms with Crippen LogP contribution in [0.4, 0.5) is 15.9 Å². The van der Waals surface area contributed by atoms with Crippen molar-refractivity contribution in [3.63, 3.8) is 0 Å². The minimum atomic E-state index is -0.294. The Kier molecular flexibility index (Phi) is 5.85. The molecule has 7 nitrogen and oxygen atoms in total. The van der Waals surface area contributed by atoms with E-state index in [0.29, 0.717) is 24.6 Å². The van der Waals surface area contributed by atoms with Gasteiger partial charge in [-0.25, -0.2) is 14.1 Å². The van der Waals surface area contributed by atoms with Crippen LogP contribution in [0.5, 0.6) is 0 Å². The summed E-state index contributed by atoms with van der Waals surface area (Å²) >= 11 is 0. The first-order valence-electron chi connectivity index (χ1n) is 11.2. The van der Waals surface area contributed by atoms with Crippen LogP contribution in [0.3, 0.4) is 0 Å². The molecule has 1 N–H and O–H groups in total. The SMILES string of the molecule is O=C(Nc1ccc(N2CCOCC2)nc1)c1nn(-c2ccc(F)cc2)c2c1CCCCC2. The third kappa shape index (κ3) is 4.23. The zero-order chi connectivity index (χ0) is 21.9. The van der Waals surface area contributed by atoms with Gasteiger partial charge in [-0.2, -0.15) is 5.10 Å². The molecule has 0 atom stereocenters. The number of benzene rings is 1. The van der Waals surface area contributed by atoms with Crippen molar-refractivity contribution in [2.24, 2.45) is 0 Å². The maximum Gasteiger partial charge on any atom is 0.276 e. The molecule has 2 aromatic heterocycles. The van der Waals surface area contributed by atoms with E-state index in [0.717, 1.165) is 68.0 Å². The van der Waals surface area contributed by atoms with Crippen LogP contribution in [-0.4, -0.2) is 47.0 Å². The number of morpholine rings is 1. The molecule has 3 aromatic rings. The Morgan fingerprint density at radius 3 is 2.53 bits per heavy atom. The molecule has 0 unspecified atom stereocenters. The molecule has 1 aliphatic carbocycles. The Bertz CT molecular complexity index is 1090. The quantitative estimate of drug-likeness (QED) is 0.632. The molecule has 3 heterocycles. The van der Waals surface area contributed by atoms with Crippen LogP contribution in [0.25, 0.3) is 5.69 Å². The van der Waals surface area contributed by atoms with Crippen molar-refractivity contribution in [1.29, 1.82) is 0 Å². The molecule has 8 heteroatoms. The zero-order valence-electron chi connectivity index (χ0n) is 17.9. The number of anilines is 2. The fraction of sp³-hybridized carbons (Fsp3) is 0.375. The molecular formula is C24H26FN5O2. The van der Waals surface area contributed by atoms with E-state index in [9.17, 15) is 9.18 Å². The van der Waals surface area contributed by atoms with Crippen molar-refractivity contribution in [2.45, 2.75) is 32.1 Å². The highest BCUT2D eigenvalue weighted by molar-refractivity contribution is 6.04. The molecule has 1 aliphatic heterocycles. The summed E-state index contributed by atoms with van der Waals surface area (Å²) in [6, 6.07) is 10.0. The molecule has 0 radical (unpaired) electrons. The average Bonchev–Trinajstić information content (AvgIpc) is 3.02. The van der Waals surface area contributed by atoms with Crippen molar-refractivity contribution in [3.8, 4) is 5.69 Å². The summed E-state index contributed by atoms with van der Waals surface area (Å²) in [6.45, 7) is 3.02. The highest BCUT2D eigenvalue weighted by Gasteiger charge is 2.25. The van der Waals surface area contributed by atoms with Crippen LogP contribution in [0, 0.1) is 5.82 Å². The van der Waals surface area contributed by atoms with E-state index in [1.54, 1.807) is 23.0 Å². The summed E-state index contributed by atoms with van der Waals surface area (Å²) < 4.78 is 20.6. The molecule has 0 bridgehead atoms. The third-order valence-corrected chi connectivity index (χ3v) is 6.06. The topological polar surface area (TPSA) is 72.3 Å². The highest BCUT2D eigenvalue weighted by Crippen LogP contribution is 2.27. The van der Waals surface area contributed by atoms with Gasteiger partial charge in [0.15, 0.2) is 5.69 Å². The number of aromatic nitrogens is 3. The van der Waals surface area contributed by atoms with Gasteiger partial charge in [0, 0.05) is 24.3 Å². The summed E-state index contributed by atoms with van der Waals surface area (Å²) in [7, 11) is 0. The van der Waals surface area contributed by atoms with Crippen LogP contribution >= 0.6 is 0 Å². The first kappa shape index (κ1) is 20.6. The normalized spacial score (nSPS) is 16.3. The summed E-state index contributed by atoms with van der Waals surface area (Å²) in [5.41, 5.74) is 3.86. The maximum atomic E-state index is 13.4. The van der Waals surface area contributed by atoms with Gasteiger partial charge in [-0.1, -0.05) is 6.42 Å². The van der Waals surface area contributed by atoms with E-state index in [2.05, 4.69) is 20.3 Å². The summed E-state index contributed by atoms with van der Waals surface area (Å²) in [4.78, 5) is 19.9. The van der Waals surface area contributed by atoms with E-state index in [-0.39, 0.29) is 11.7 Å². The minimum Gasteiger partial charge on any atom is -0.378 e. The average molecular weight is 436 g/mol. The standard InChI is InChI=1S/C24H26FN5O2/c25-17-6-9-19(10-7-17)30-21-5-3-1-2-4-20(21)23(28-30)24(31)27-18-8-11-22(26-16-18)29-12-14-32-15-13-29/h6-11,16H,1-5,12-15H2,(H,27,31). The van der Waals surface area contributed by atoms with E-state index in [4.69, 9.17) is 4.74 Å². The lowest BCUT2D eigenvalue weighted by Crippen LogP contribution is -2.36. The number of pyridine rings is 1. The van der Waals surface area contributed by atoms with Crippen molar-refractivity contribution < 1.29 is 13.9 Å². The number of hydrogen-bond acceptors (Lipinski definition) is 5. The van der Waals surface area contributed by atoms with Gasteiger partial charge >= 0.3 is 0 Å². The van der Waals surface area contributed by atoms with Gasteiger partial charge in [0.2, 0.25) is 0 Å². The van der Waals surface area contributed by atoms with Crippen LogP contribution < -0.4 is 10.2 Å². The molecule has 166 valence electrons. The number of ether oxygens (including phenoxy) is 1. The maximum absolute atomic E-state index is 13.4. The number of halogens is 1. The number of carbonyl (C=O) groups excluding carboxylic acids is 1. The lowest BCUT2D eigenvalue weighted by Gasteiger charge is -2.27. The number of nitrogens with zero attached hydrogens (tertiary/aromatic N) is 4. The van der Waals surface area contributed by atoms with Gasteiger partial charge in [0.05, 0.1) is 30.8 Å². The Hall–Kier alpha value is -3.26. The van der Waals surface area contributed by atoms with E-state index in [1.807, 2.05) is 12.1 Å². The van der Waals surface area contributed by atoms with Gasteiger partial charge in [0.1, 0.15) is 11.6 Å². The van der Waals surface area contributed by atoms with E-state index in [1.165, 1.54) is 12.1 Å². The largest absolute Gasteiger partial charge is 0.378 e. The summed E-state index contributed by atoms with van der Waals surface area (Å²) in [6.07, 6.45) is 6.53. The fourth-order valence-corrected chi connectivity index (χ4v) is 4.38. The molecule has 0 saturated carbocycles. The van der Waals surface area contributed by atoms with Gasteiger partial charge in [0.25, 0.3) is 5.91 Å². The molecule has 1 saturated heterocycles. The Morgan fingerprint density at radius 2 is 1.78 bits per heavy atom. The Balaban J connectivity index is 1.40. The lowest BCUT2D eigenvalue weighted by molar-refractivity contribution is 0.102. The number of carbonyl (C=O) groups is 1. The predicted molar refractivity (Wildman–Crippen MR) is 120 cm³/mol. The molecule has 1 amide bonds. The molecule has 5 rings (SSSR count). The molecule has 32 heavy (non-hydrogen) atoms. The van der Waals surface area contributed by atoms with Crippen LogP contribution in [0.2, 0.25) is 0 Å². The molecule has 2 aliphatic rings. The summed E-state index contributed by atoms with van der Waals surface area (Å²) in [5.74, 6) is 0.337. The third-order valence-electron chi connectivity index (χ3n) is 6.06. The van der Waals surface area contributed by atoms with Crippen LogP contribution in [-0.2, 0) is 17.6 Å². The van der Waals surface area contributed by atoms with Gasteiger partial charge in [-0.15, -0.1) is 0 Å². The van der Waals surface area contributed by atoms with Gasteiger partial charge < -0.3 is 15.0 Å². The summed E-state index contributed by atoms with van der Waals surface area (Å²) in [5, 5.41) is 7.61. The monoisotopic (exact) mass is 435 g/mol. The van der Waals surface area contributed by atoms with Gasteiger partial charge in [-0.05, 0) is 62.1 Å². The first-order chi connectivity index (χ1) is 15.7. The van der Waals surface area contributed by atoms with Crippen molar-refractivity contribution in [2.75, 3.05) is 36.5 Å².